The van der Waals surface area contributed by atoms with Crippen molar-refractivity contribution in [1.29, 1.82) is 0 Å². The standard InChI is InChI=1S/C17H18N4OS/c1-11(16-19-12(2)20-22-16)23-17-18-10-15(21(17)14-8-9-14)13-6-4-3-5-7-13/h3-7,10-11,14H,8-9H2,1-2H3. The maximum absolute atomic E-state index is 5.29. The molecule has 118 valence electrons. The van der Waals surface area contributed by atoms with Crippen molar-refractivity contribution in [2.75, 3.05) is 0 Å². The van der Waals surface area contributed by atoms with Crippen molar-refractivity contribution in [3.8, 4) is 11.3 Å². The van der Waals surface area contributed by atoms with E-state index in [1.807, 2.05) is 19.2 Å². The zero-order valence-electron chi connectivity index (χ0n) is 13.1. The first-order chi connectivity index (χ1) is 11.2. The molecule has 0 spiro atoms. The average Bonchev–Trinajstić information content (AvgIpc) is 3.17. The van der Waals surface area contributed by atoms with Crippen molar-refractivity contribution < 1.29 is 4.52 Å². The summed E-state index contributed by atoms with van der Waals surface area (Å²) in [5, 5.41) is 4.98. The lowest BCUT2D eigenvalue weighted by Gasteiger charge is -2.12. The van der Waals surface area contributed by atoms with E-state index in [-0.39, 0.29) is 5.25 Å². The van der Waals surface area contributed by atoms with Crippen molar-refractivity contribution in [3.63, 3.8) is 0 Å². The average molecular weight is 326 g/mol. The number of nitrogens with zero attached hydrogens (tertiary/aromatic N) is 4. The Morgan fingerprint density at radius 2 is 2.04 bits per heavy atom. The molecule has 1 unspecified atom stereocenters. The summed E-state index contributed by atoms with van der Waals surface area (Å²) in [5.41, 5.74) is 2.39. The highest BCUT2D eigenvalue weighted by Gasteiger charge is 2.30. The van der Waals surface area contributed by atoms with Crippen LogP contribution in [0.1, 0.15) is 42.8 Å². The Kier molecular flexibility index (Phi) is 3.69. The van der Waals surface area contributed by atoms with Crippen molar-refractivity contribution in [2.24, 2.45) is 0 Å². The Bertz CT molecular complexity index is 807. The molecule has 0 bridgehead atoms. The quantitative estimate of drug-likeness (QED) is 0.649. The van der Waals surface area contributed by atoms with Gasteiger partial charge in [-0.3, -0.25) is 0 Å². The Labute approximate surface area is 139 Å². The maximum Gasteiger partial charge on any atom is 0.239 e. The lowest BCUT2D eigenvalue weighted by molar-refractivity contribution is 0.376. The summed E-state index contributed by atoms with van der Waals surface area (Å²) in [6.07, 6.45) is 4.41. The molecule has 1 aliphatic carbocycles. The van der Waals surface area contributed by atoms with Crippen LogP contribution in [0.2, 0.25) is 0 Å². The molecule has 3 aromatic rings. The van der Waals surface area contributed by atoms with Gasteiger partial charge in [-0.2, -0.15) is 4.98 Å². The molecule has 5 nitrogen and oxygen atoms in total. The van der Waals surface area contributed by atoms with Gasteiger partial charge < -0.3 is 9.09 Å². The molecular formula is C17H18N4OS. The predicted molar refractivity (Wildman–Crippen MR) is 89.2 cm³/mol. The molecule has 2 aromatic heterocycles. The summed E-state index contributed by atoms with van der Waals surface area (Å²) < 4.78 is 7.65. The number of hydrogen-bond acceptors (Lipinski definition) is 5. The number of imidazole rings is 1. The summed E-state index contributed by atoms with van der Waals surface area (Å²) in [6.45, 7) is 3.91. The van der Waals surface area contributed by atoms with Gasteiger partial charge in [-0.05, 0) is 32.3 Å². The second-order valence-electron chi connectivity index (χ2n) is 5.83. The second kappa shape index (κ2) is 5.85. The number of rotatable bonds is 5. The van der Waals surface area contributed by atoms with E-state index in [0.717, 1.165) is 5.16 Å². The van der Waals surface area contributed by atoms with Gasteiger partial charge in [-0.1, -0.05) is 47.3 Å². The van der Waals surface area contributed by atoms with E-state index in [9.17, 15) is 0 Å². The fourth-order valence-corrected chi connectivity index (χ4v) is 3.61. The summed E-state index contributed by atoms with van der Waals surface area (Å²) in [6, 6.07) is 11.0. The number of aromatic nitrogens is 4. The molecule has 1 atom stereocenters. The molecule has 0 amide bonds. The van der Waals surface area contributed by atoms with Gasteiger partial charge in [0.25, 0.3) is 0 Å². The number of aryl methyl sites for hydroxylation is 1. The lowest BCUT2D eigenvalue weighted by Crippen LogP contribution is -2.00. The van der Waals surface area contributed by atoms with E-state index in [1.54, 1.807) is 11.8 Å². The van der Waals surface area contributed by atoms with Gasteiger partial charge in [-0.15, -0.1) is 0 Å². The van der Waals surface area contributed by atoms with Gasteiger partial charge in [0.1, 0.15) is 0 Å². The van der Waals surface area contributed by atoms with E-state index in [0.29, 0.717) is 17.8 Å². The van der Waals surface area contributed by atoms with Crippen LogP contribution >= 0.6 is 11.8 Å². The third-order valence-corrected chi connectivity index (χ3v) is 4.99. The molecular weight excluding hydrogens is 308 g/mol. The summed E-state index contributed by atoms with van der Waals surface area (Å²) in [5.74, 6) is 1.32. The molecule has 1 saturated carbocycles. The Morgan fingerprint density at radius 1 is 1.26 bits per heavy atom. The number of thioether (sulfide) groups is 1. The molecule has 0 saturated heterocycles. The Morgan fingerprint density at radius 3 is 2.70 bits per heavy atom. The molecule has 0 N–H and O–H groups in total. The first-order valence-corrected chi connectivity index (χ1v) is 8.70. The largest absolute Gasteiger partial charge is 0.338 e. The van der Waals surface area contributed by atoms with Gasteiger partial charge >= 0.3 is 0 Å². The molecule has 4 rings (SSSR count). The van der Waals surface area contributed by atoms with Crippen molar-refractivity contribution in [2.45, 2.75) is 43.1 Å². The normalized spacial score (nSPS) is 15.7. The minimum atomic E-state index is 0.0831. The van der Waals surface area contributed by atoms with E-state index < -0.39 is 0 Å². The molecule has 0 aliphatic heterocycles. The van der Waals surface area contributed by atoms with Gasteiger partial charge in [0.2, 0.25) is 5.89 Å². The van der Waals surface area contributed by atoms with Gasteiger partial charge in [0.15, 0.2) is 11.0 Å². The smallest absolute Gasteiger partial charge is 0.239 e. The summed E-state index contributed by atoms with van der Waals surface area (Å²) in [4.78, 5) is 8.99. The molecule has 0 radical (unpaired) electrons. The molecule has 23 heavy (non-hydrogen) atoms. The third-order valence-electron chi connectivity index (χ3n) is 3.92. The first-order valence-electron chi connectivity index (χ1n) is 7.82. The monoisotopic (exact) mass is 326 g/mol. The summed E-state index contributed by atoms with van der Waals surface area (Å²) >= 11 is 1.68. The van der Waals surface area contributed by atoms with E-state index in [4.69, 9.17) is 4.52 Å². The molecule has 1 aliphatic rings. The Balaban J connectivity index is 1.65. The number of hydrogen-bond donors (Lipinski definition) is 0. The highest BCUT2D eigenvalue weighted by Crippen LogP contribution is 2.44. The van der Waals surface area contributed by atoms with Crippen LogP contribution in [0.5, 0.6) is 0 Å². The molecule has 6 heteroatoms. The first kappa shape index (κ1) is 14.5. The van der Waals surface area contributed by atoms with Crippen molar-refractivity contribution in [1.82, 2.24) is 19.7 Å². The van der Waals surface area contributed by atoms with Gasteiger partial charge in [0.05, 0.1) is 17.1 Å². The molecule has 2 heterocycles. The Hall–Kier alpha value is -2.08. The van der Waals surface area contributed by atoms with Gasteiger partial charge in [-0.25, -0.2) is 4.98 Å². The maximum atomic E-state index is 5.29. The van der Waals surface area contributed by atoms with Crippen LogP contribution in [0.3, 0.4) is 0 Å². The lowest BCUT2D eigenvalue weighted by atomic mass is 10.2. The number of benzene rings is 1. The minimum absolute atomic E-state index is 0.0831. The van der Waals surface area contributed by atoms with Crippen LogP contribution < -0.4 is 0 Å². The third kappa shape index (κ3) is 2.91. The predicted octanol–water partition coefficient (Wildman–Crippen LogP) is 4.43. The molecule has 1 aromatic carbocycles. The molecule has 1 fully saturated rings. The van der Waals surface area contributed by atoms with Crippen LogP contribution in [-0.4, -0.2) is 19.7 Å². The second-order valence-corrected chi connectivity index (χ2v) is 7.14. The van der Waals surface area contributed by atoms with E-state index >= 15 is 0 Å². The van der Waals surface area contributed by atoms with E-state index in [2.05, 4.69) is 50.9 Å². The zero-order valence-corrected chi connectivity index (χ0v) is 14.0. The highest BCUT2D eigenvalue weighted by molar-refractivity contribution is 7.99. The fraction of sp³-hybridized carbons (Fsp3) is 0.353. The van der Waals surface area contributed by atoms with Crippen LogP contribution in [0, 0.1) is 6.92 Å². The van der Waals surface area contributed by atoms with Gasteiger partial charge in [0, 0.05) is 6.04 Å². The van der Waals surface area contributed by atoms with Crippen LogP contribution in [-0.2, 0) is 0 Å². The highest BCUT2D eigenvalue weighted by atomic mass is 32.2. The summed E-state index contributed by atoms with van der Waals surface area (Å²) in [7, 11) is 0. The SMILES string of the molecule is Cc1noc(C(C)Sc2ncc(-c3ccccc3)n2C2CC2)n1. The van der Waals surface area contributed by atoms with Crippen molar-refractivity contribution in [3.05, 3.63) is 48.2 Å². The minimum Gasteiger partial charge on any atom is -0.338 e. The van der Waals surface area contributed by atoms with Crippen LogP contribution in [0.25, 0.3) is 11.3 Å². The van der Waals surface area contributed by atoms with Crippen molar-refractivity contribution >= 4 is 11.8 Å². The van der Waals surface area contributed by atoms with E-state index in [1.165, 1.54) is 24.1 Å². The van der Waals surface area contributed by atoms with Crippen LogP contribution in [0.4, 0.5) is 0 Å². The zero-order chi connectivity index (χ0) is 15.8. The van der Waals surface area contributed by atoms with Crippen LogP contribution in [0.15, 0.2) is 46.2 Å². The fourth-order valence-electron chi connectivity index (χ4n) is 2.63. The topological polar surface area (TPSA) is 56.7 Å².